The fraction of sp³-hybridized carbons (Fsp3) is 0. The molecule has 0 spiro atoms. The minimum Gasteiger partial charge on any atom is -0.289 e. The number of hydrogen-bond acceptors (Lipinski definition) is 2. The maximum absolute atomic E-state index is 13.5. The number of rotatable bonds is 2. The fourth-order valence-corrected chi connectivity index (χ4v) is 4.81. The number of benzene rings is 4. The fourth-order valence-electron chi connectivity index (χ4n) is 4.81. The largest absolute Gasteiger partial charge is 0.289 e. The summed E-state index contributed by atoms with van der Waals surface area (Å²) in [5.74, 6) is 0.0252. The van der Waals surface area contributed by atoms with Crippen LogP contribution in [-0.2, 0) is 0 Å². The van der Waals surface area contributed by atoms with Crippen molar-refractivity contribution < 1.29 is 9.59 Å². The van der Waals surface area contributed by atoms with Gasteiger partial charge in [-0.15, -0.1) is 0 Å². The molecule has 2 nitrogen and oxygen atoms in total. The number of allylic oxidation sites excluding steroid dienone is 6. The third kappa shape index (κ3) is 3.20. The Kier molecular flexibility index (Phi) is 4.78. The van der Waals surface area contributed by atoms with E-state index < -0.39 is 0 Å². The Balaban J connectivity index is 1.70. The molecular weight excluding hydrogens is 416 g/mol. The molecule has 0 aromatic heterocycles. The number of carbonyl (C=O) groups excluding carboxylic acids is 2. The minimum absolute atomic E-state index is 0.0126. The van der Waals surface area contributed by atoms with Crippen LogP contribution in [0.2, 0.25) is 0 Å². The van der Waals surface area contributed by atoms with E-state index >= 15 is 0 Å². The van der Waals surface area contributed by atoms with Gasteiger partial charge in [0.1, 0.15) is 0 Å². The summed E-state index contributed by atoms with van der Waals surface area (Å²) in [5, 5.41) is 0. The standard InChI is InChI=1S/C32H20O2/c33-31-25-17-9-7-15-23(25)29(19-27(31)21-11-3-1-4-12-21)30-20-28(22-13-5-2-6-14-22)32(34)26-18-10-8-16-24(26)30/h1-20H/b30-29-. The van der Waals surface area contributed by atoms with Crippen molar-refractivity contribution in [1.82, 2.24) is 0 Å². The van der Waals surface area contributed by atoms with Gasteiger partial charge in [-0.3, -0.25) is 9.59 Å². The lowest BCUT2D eigenvalue weighted by Crippen LogP contribution is -2.15. The van der Waals surface area contributed by atoms with Crippen molar-refractivity contribution in [3.05, 3.63) is 155 Å². The molecule has 0 bridgehead atoms. The summed E-state index contributed by atoms with van der Waals surface area (Å²) < 4.78 is 0. The van der Waals surface area contributed by atoms with Crippen molar-refractivity contribution in [2.24, 2.45) is 0 Å². The zero-order valence-corrected chi connectivity index (χ0v) is 18.4. The SMILES string of the molecule is O=C1C(c2ccccc2)=C/C(=C2\C=C(c3ccccc3)C(=O)c3ccccc32)c2ccccc21. The van der Waals surface area contributed by atoms with Gasteiger partial charge >= 0.3 is 0 Å². The first-order valence-corrected chi connectivity index (χ1v) is 11.3. The average Bonchev–Trinajstić information content (AvgIpc) is 2.91. The molecule has 0 aliphatic heterocycles. The Morgan fingerprint density at radius 1 is 0.353 bits per heavy atom. The molecule has 0 saturated carbocycles. The molecule has 0 radical (unpaired) electrons. The van der Waals surface area contributed by atoms with Gasteiger partial charge in [0, 0.05) is 22.3 Å². The molecule has 0 amide bonds. The number of carbonyl (C=O) groups is 2. The van der Waals surface area contributed by atoms with Crippen LogP contribution in [0.5, 0.6) is 0 Å². The van der Waals surface area contributed by atoms with Crippen LogP contribution >= 0.6 is 0 Å². The lowest BCUT2D eigenvalue weighted by molar-refractivity contribution is 0.104. The Morgan fingerprint density at radius 3 is 1.06 bits per heavy atom. The minimum atomic E-state index is 0.0126. The van der Waals surface area contributed by atoms with Gasteiger partial charge in [-0.05, 0) is 45.6 Å². The van der Waals surface area contributed by atoms with Gasteiger partial charge in [-0.2, -0.15) is 0 Å². The summed E-state index contributed by atoms with van der Waals surface area (Å²) in [7, 11) is 0. The van der Waals surface area contributed by atoms with Crippen LogP contribution in [0.4, 0.5) is 0 Å². The molecule has 2 heteroatoms. The number of fused-ring (bicyclic) bond motifs is 2. The topological polar surface area (TPSA) is 34.1 Å². The number of hydrogen-bond donors (Lipinski definition) is 0. The van der Waals surface area contributed by atoms with Gasteiger partial charge in [0.05, 0.1) is 0 Å². The van der Waals surface area contributed by atoms with Crippen molar-refractivity contribution in [2.75, 3.05) is 0 Å². The first-order chi connectivity index (χ1) is 16.7. The van der Waals surface area contributed by atoms with E-state index in [4.69, 9.17) is 0 Å². The highest BCUT2D eigenvalue weighted by atomic mass is 16.1. The summed E-state index contributed by atoms with van der Waals surface area (Å²) in [6, 6.07) is 35.0. The molecule has 0 fully saturated rings. The van der Waals surface area contributed by atoms with Gasteiger partial charge in [-0.25, -0.2) is 0 Å². The van der Waals surface area contributed by atoms with Crippen molar-refractivity contribution >= 4 is 33.9 Å². The van der Waals surface area contributed by atoms with E-state index in [1.807, 2.05) is 121 Å². The molecule has 4 aromatic carbocycles. The van der Waals surface area contributed by atoms with Crippen molar-refractivity contribution in [3.8, 4) is 0 Å². The number of Topliss-reactive ketones (excluding diaryl/α,β-unsaturated/α-hetero) is 2. The van der Waals surface area contributed by atoms with Gasteiger partial charge in [0.2, 0.25) is 0 Å². The zero-order valence-electron chi connectivity index (χ0n) is 18.4. The predicted molar refractivity (Wildman–Crippen MR) is 137 cm³/mol. The molecule has 2 aliphatic carbocycles. The molecular formula is C32H20O2. The zero-order chi connectivity index (χ0) is 23.1. The van der Waals surface area contributed by atoms with Crippen molar-refractivity contribution in [2.45, 2.75) is 0 Å². The second-order valence-corrected chi connectivity index (χ2v) is 8.42. The molecule has 34 heavy (non-hydrogen) atoms. The number of ketones is 2. The van der Waals surface area contributed by atoms with Gasteiger partial charge in [0.25, 0.3) is 0 Å². The van der Waals surface area contributed by atoms with Gasteiger partial charge < -0.3 is 0 Å². The van der Waals surface area contributed by atoms with E-state index in [-0.39, 0.29) is 11.6 Å². The average molecular weight is 437 g/mol. The molecule has 0 saturated heterocycles. The molecule has 160 valence electrons. The Bertz CT molecular complexity index is 1430. The smallest absolute Gasteiger partial charge is 0.194 e. The molecule has 2 aliphatic rings. The highest BCUT2D eigenvalue weighted by molar-refractivity contribution is 6.38. The summed E-state index contributed by atoms with van der Waals surface area (Å²) in [6.45, 7) is 0. The monoisotopic (exact) mass is 436 g/mol. The lowest BCUT2D eigenvalue weighted by Gasteiger charge is -2.25. The third-order valence-corrected chi connectivity index (χ3v) is 6.45. The second kappa shape index (κ2) is 8.09. The molecule has 6 rings (SSSR count). The van der Waals surface area contributed by atoms with Crippen LogP contribution in [0, 0.1) is 0 Å². The van der Waals surface area contributed by atoms with Crippen LogP contribution in [0.1, 0.15) is 43.0 Å². The van der Waals surface area contributed by atoms with E-state index in [1.54, 1.807) is 0 Å². The first kappa shape index (κ1) is 20.1. The van der Waals surface area contributed by atoms with Crippen molar-refractivity contribution in [1.29, 1.82) is 0 Å². The van der Waals surface area contributed by atoms with E-state index in [2.05, 4.69) is 0 Å². The molecule has 0 N–H and O–H groups in total. The maximum atomic E-state index is 13.5. The normalized spacial score (nSPS) is 16.9. The highest BCUT2D eigenvalue weighted by Gasteiger charge is 2.30. The summed E-state index contributed by atoms with van der Waals surface area (Å²) in [5.41, 5.74) is 8.09. The molecule has 0 heterocycles. The summed E-state index contributed by atoms with van der Waals surface area (Å²) in [4.78, 5) is 26.9. The van der Waals surface area contributed by atoms with Gasteiger partial charge in [-0.1, -0.05) is 109 Å². The lowest BCUT2D eigenvalue weighted by atomic mass is 9.77. The Morgan fingerprint density at radius 2 is 0.676 bits per heavy atom. The van der Waals surface area contributed by atoms with E-state index in [0.717, 1.165) is 33.4 Å². The van der Waals surface area contributed by atoms with Crippen LogP contribution in [-0.4, -0.2) is 11.6 Å². The highest BCUT2D eigenvalue weighted by Crippen LogP contribution is 2.43. The van der Waals surface area contributed by atoms with Crippen LogP contribution in [0.25, 0.3) is 22.3 Å². The Hall–Kier alpha value is -4.56. The molecule has 0 unspecified atom stereocenters. The van der Waals surface area contributed by atoms with Crippen LogP contribution < -0.4 is 0 Å². The second-order valence-electron chi connectivity index (χ2n) is 8.42. The van der Waals surface area contributed by atoms with E-state index in [1.165, 1.54) is 0 Å². The van der Waals surface area contributed by atoms with Crippen LogP contribution in [0.15, 0.2) is 121 Å². The predicted octanol–water partition coefficient (Wildman–Crippen LogP) is 7.16. The Labute approximate surface area is 198 Å². The van der Waals surface area contributed by atoms with Crippen molar-refractivity contribution in [3.63, 3.8) is 0 Å². The van der Waals surface area contributed by atoms with E-state index in [9.17, 15) is 9.59 Å². The first-order valence-electron chi connectivity index (χ1n) is 11.3. The third-order valence-electron chi connectivity index (χ3n) is 6.45. The molecule has 0 atom stereocenters. The summed E-state index contributed by atoms with van der Waals surface area (Å²) in [6.07, 6.45) is 3.97. The van der Waals surface area contributed by atoms with E-state index in [0.29, 0.717) is 22.3 Å². The summed E-state index contributed by atoms with van der Waals surface area (Å²) >= 11 is 0. The maximum Gasteiger partial charge on any atom is 0.194 e. The quantitative estimate of drug-likeness (QED) is 0.334. The van der Waals surface area contributed by atoms with Gasteiger partial charge in [0.15, 0.2) is 11.6 Å². The van der Waals surface area contributed by atoms with Crippen LogP contribution in [0.3, 0.4) is 0 Å². The molecule has 4 aromatic rings.